The third-order valence-corrected chi connectivity index (χ3v) is 3.85. The van der Waals surface area contributed by atoms with Gasteiger partial charge in [0.25, 0.3) is 0 Å². The molecule has 1 heterocycles. The van der Waals surface area contributed by atoms with Crippen molar-refractivity contribution in [1.29, 1.82) is 0 Å². The second-order valence-electron chi connectivity index (χ2n) is 4.60. The van der Waals surface area contributed by atoms with Crippen LogP contribution in [0.15, 0.2) is 16.6 Å². The van der Waals surface area contributed by atoms with Crippen molar-refractivity contribution < 1.29 is 14.3 Å². The van der Waals surface area contributed by atoms with Gasteiger partial charge in [0.1, 0.15) is 5.82 Å². The first kappa shape index (κ1) is 14.9. The minimum atomic E-state index is -1.04. The summed E-state index contributed by atoms with van der Waals surface area (Å²) >= 11 is 3.27. The maximum absolute atomic E-state index is 13.6. The summed E-state index contributed by atoms with van der Waals surface area (Å²) in [4.78, 5) is 16.2. The molecule has 0 atom stereocenters. The number of hydrogen-bond acceptors (Lipinski definition) is 2. The van der Waals surface area contributed by atoms with Crippen molar-refractivity contribution in [2.24, 2.45) is 0 Å². The van der Waals surface area contributed by atoms with E-state index in [1.165, 1.54) is 12.1 Å². The normalized spacial score (nSPS) is 11.0. The highest BCUT2D eigenvalue weighted by Crippen LogP contribution is 2.30. The summed E-state index contributed by atoms with van der Waals surface area (Å²) in [5, 5.41) is 9.85. The van der Waals surface area contributed by atoms with Crippen LogP contribution in [0.3, 0.4) is 0 Å². The fourth-order valence-electron chi connectivity index (χ4n) is 2.45. The average molecular weight is 340 g/mol. The number of carbonyl (C=O) groups is 1. The number of pyridine rings is 1. The molecule has 0 aliphatic carbocycles. The molecule has 0 aliphatic rings. The molecule has 0 radical (unpaired) electrons. The molecule has 0 aliphatic heterocycles. The van der Waals surface area contributed by atoms with Crippen LogP contribution in [-0.2, 0) is 12.8 Å². The van der Waals surface area contributed by atoms with E-state index in [0.717, 1.165) is 12.1 Å². The Hall–Kier alpha value is -1.49. The lowest BCUT2D eigenvalue weighted by atomic mass is 9.96. The molecule has 20 heavy (non-hydrogen) atoms. The number of benzene rings is 1. The van der Waals surface area contributed by atoms with Gasteiger partial charge in [0.05, 0.1) is 11.1 Å². The van der Waals surface area contributed by atoms with E-state index < -0.39 is 11.8 Å². The molecule has 1 aromatic carbocycles. The van der Waals surface area contributed by atoms with Crippen molar-refractivity contribution in [3.05, 3.63) is 39.2 Å². The molecule has 2 rings (SSSR count). The van der Waals surface area contributed by atoms with E-state index in [1.807, 2.05) is 13.8 Å². The summed E-state index contributed by atoms with van der Waals surface area (Å²) < 4.78 is 14.1. The maximum atomic E-state index is 13.6. The zero-order valence-corrected chi connectivity index (χ0v) is 12.9. The molecule has 5 heteroatoms. The standard InChI is InChI=1S/C15H15BrFNO2/c1-3-5-12-9(4-2)13(15(19)20)10-6-8(17)7-11(16)14(10)18-12/h6-7H,3-5H2,1-2H3,(H,19,20). The Bertz CT molecular complexity index is 685. The smallest absolute Gasteiger partial charge is 0.336 e. The predicted octanol–water partition coefficient (Wildman–Crippen LogP) is 4.35. The molecule has 0 spiro atoms. The maximum Gasteiger partial charge on any atom is 0.336 e. The van der Waals surface area contributed by atoms with Gasteiger partial charge in [-0.3, -0.25) is 4.98 Å². The first-order chi connectivity index (χ1) is 9.49. The second-order valence-corrected chi connectivity index (χ2v) is 5.46. The van der Waals surface area contributed by atoms with Crippen LogP contribution in [0.25, 0.3) is 10.9 Å². The van der Waals surface area contributed by atoms with Crippen molar-refractivity contribution >= 4 is 32.8 Å². The number of rotatable bonds is 4. The van der Waals surface area contributed by atoms with Gasteiger partial charge in [-0.2, -0.15) is 0 Å². The number of hydrogen-bond donors (Lipinski definition) is 1. The summed E-state index contributed by atoms with van der Waals surface area (Å²) in [6.45, 7) is 3.91. The van der Waals surface area contributed by atoms with Crippen LogP contribution in [-0.4, -0.2) is 16.1 Å². The Labute approximate surface area is 125 Å². The Morgan fingerprint density at radius 1 is 1.40 bits per heavy atom. The Morgan fingerprint density at radius 2 is 2.10 bits per heavy atom. The van der Waals surface area contributed by atoms with Crippen LogP contribution in [0.5, 0.6) is 0 Å². The monoisotopic (exact) mass is 339 g/mol. The van der Waals surface area contributed by atoms with Crippen molar-refractivity contribution in [3.8, 4) is 0 Å². The van der Waals surface area contributed by atoms with E-state index in [-0.39, 0.29) is 5.56 Å². The van der Waals surface area contributed by atoms with Crippen molar-refractivity contribution in [3.63, 3.8) is 0 Å². The van der Waals surface area contributed by atoms with Gasteiger partial charge < -0.3 is 5.11 Å². The highest BCUT2D eigenvalue weighted by molar-refractivity contribution is 9.10. The summed E-state index contributed by atoms with van der Waals surface area (Å²) in [7, 11) is 0. The molecule has 0 saturated carbocycles. The largest absolute Gasteiger partial charge is 0.478 e. The van der Waals surface area contributed by atoms with Crippen LogP contribution in [0, 0.1) is 5.82 Å². The first-order valence-electron chi connectivity index (χ1n) is 6.53. The molecule has 0 saturated heterocycles. The third kappa shape index (κ3) is 2.54. The van der Waals surface area contributed by atoms with Gasteiger partial charge in [0.15, 0.2) is 0 Å². The molecule has 1 N–H and O–H groups in total. The molecular weight excluding hydrogens is 325 g/mol. The number of halogens is 2. The van der Waals surface area contributed by atoms with Crippen LogP contribution < -0.4 is 0 Å². The summed E-state index contributed by atoms with van der Waals surface area (Å²) in [6, 6.07) is 2.55. The lowest BCUT2D eigenvalue weighted by Gasteiger charge is -2.14. The average Bonchev–Trinajstić information content (AvgIpc) is 2.38. The number of nitrogens with zero attached hydrogens (tertiary/aromatic N) is 1. The van der Waals surface area contributed by atoms with Crippen LogP contribution in [0.4, 0.5) is 4.39 Å². The van der Waals surface area contributed by atoms with Gasteiger partial charge in [-0.25, -0.2) is 9.18 Å². The van der Waals surface area contributed by atoms with E-state index in [2.05, 4.69) is 20.9 Å². The highest BCUT2D eigenvalue weighted by Gasteiger charge is 2.20. The highest BCUT2D eigenvalue weighted by atomic mass is 79.9. The molecule has 0 unspecified atom stereocenters. The predicted molar refractivity (Wildman–Crippen MR) is 79.7 cm³/mol. The number of aromatic carboxylic acids is 1. The molecule has 0 bridgehead atoms. The number of carboxylic acid groups (broad SMARTS) is 1. The number of carboxylic acids is 1. The molecular formula is C15H15BrFNO2. The fraction of sp³-hybridized carbons (Fsp3) is 0.333. The van der Waals surface area contributed by atoms with Crippen molar-refractivity contribution in [2.75, 3.05) is 0 Å². The van der Waals surface area contributed by atoms with Crippen LogP contribution in [0.1, 0.15) is 41.9 Å². The molecule has 106 valence electrons. The minimum Gasteiger partial charge on any atom is -0.478 e. The zero-order chi connectivity index (χ0) is 14.9. The summed E-state index contributed by atoms with van der Waals surface area (Å²) in [5.41, 5.74) is 2.15. The number of fused-ring (bicyclic) bond motifs is 1. The SMILES string of the molecule is CCCc1nc2c(Br)cc(F)cc2c(C(=O)O)c1CC. The van der Waals surface area contributed by atoms with E-state index in [0.29, 0.717) is 33.8 Å². The van der Waals surface area contributed by atoms with E-state index in [9.17, 15) is 14.3 Å². The second kappa shape index (κ2) is 5.87. The van der Waals surface area contributed by atoms with E-state index in [1.54, 1.807) is 0 Å². The Kier molecular flexibility index (Phi) is 4.38. The lowest BCUT2D eigenvalue weighted by Crippen LogP contribution is -2.09. The van der Waals surface area contributed by atoms with Crippen LogP contribution >= 0.6 is 15.9 Å². The summed E-state index contributed by atoms with van der Waals surface area (Å²) in [5.74, 6) is -1.51. The lowest BCUT2D eigenvalue weighted by molar-refractivity contribution is 0.0697. The zero-order valence-electron chi connectivity index (χ0n) is 11.3. The van der Waals surface area contributed by atoms with Crippen molar-refractivity contribution in [1.82, 2.24) is 4.98 Å². The number of aryl methyl sites for hydroxylation is 1. The topological polar surface area (TPSA) is 50.2 Å². The summed E-state index contributed by atoms with van der Waals surface area (Å²) in [6.07, 6.45) is 2.15. The molecule has 0 amide bonds. The van der Waals surface area contributed by atoms with Gasteiger partial charge in [-0.1, -0.05) is 20.3 Å². The Morgan fingerprint density at radius 3 is 2.65 bits per heavy atom. The van der Waals surface area contributed by atoms with Crippen LogP contribution in [0.2, 0.25) is 0 Å². The van der Waals surface area contributed by atoms with Gasteiger partial charge in [0, 0.05) is 15.6 Å². The quantitative estimate of drug-likeness (QED) is 0.900. The molecule has 0 fully saturated rings. The van der Waals surface area contributed by atoms with Gasteiger partial charge in [-0.15, -0.1) is 0 Å². The first-order valence-corrected chi connectivity index (χ1v) is 7.32. The minimum absolute atomic E-state index is 0.168. The van der Waals surface area contributed by atoms with E-state index >= 15 is 0 Å². The van der Waals surface area contributed by atoms with Gasteiger partial charge >= 0.3 is 5.97 Å². The third-order valence-electron chi connectivity index (χ3n) is 3.25. The van der Waals surface area contributed by atoms with E-state index in [4.69, 9.17) is 0 Å². The molecule has 2 aromatic rings. The van der Waals surface area contributed by atoms with Crippen molar-refractivity contribution in [2.45, 2.75) is 33.1 Å². The molecule has 1 aromatic heterocycles. The molecule has 3 nitrogen and oxygen atoms in total. The number of aromatic nitrogens is 1. The van der Waals surface area contributed by atoms with Gasteiger partial charge in [-0.05, 0) is 46.5 Å². The fourth-order valence-corrected chi connectivity index (χ4v) is 2.97. The Balaban J connectivity index is 2.94. The van der Waals surface area contributed by atoms with Gasteiger partial charge in [0.2, 0.25) is 0 Å².